The lowest BCUT2D eigenvalue weighted by Gasteiger charge is -2.12. The molecule has 0 bridgehead atoms. The first-order valence-electron chi connectivity index (χ1n) is 6.91. The molecule has 2 aromatic heterocycles. The molecule has 0 aliphatic carbocycles. The second-order valence-electron chi connectivity index (χ2n) is 4.86. The number of benzene rings is 1. The van der Waals surface area contributed by atoms with E-state index in [1.54, 1.807) is 36.2 Å². The van der Waals surface area contributed by atoms with Gasteiger partial charge in [0, 0.05) is 7.11 Å². The van der Waals surface area contributed by atoms with E-state index in [-0.39, 0.29) is 11.8 Å². The molecule has 0 amide bonds. The normalized spacial score (nSPS) is 12.3. The van der Waals surface area contributed by atoms with Crippen molar-refractivity contribution in [2.45, 2.75) is 13.2 Å². The monoisotopic (exact) mass is 313 g/mol. The van der Waals surface area contributed by atoms with Crippen molar-refractivity contribution in [1.82, 2.24) is 19.5 Å². The third-order valence-electron chi connectivity index (χ3n) is 3.50. The van der Waals surface area contributed by atoms with Crippen LogP contribution in [0.2, 0.25) is 0 Å². The van der Waals surface area contributed by atoms with Crippen LogP contribution in [0.4, 0.5) is 11.5 Å². The van der Waals surface area contributed by atoms with Crippen molar-refractivity contribution in [3.8, 4) is 0 Å². The predicted octanol–water partition coefficient (Wildman–Crippen LogP) is 2.43. The van der Waals surface area contributed by atoms with Gasteiger partial charge >= 0.3 is 5.97 Å². The molecule has 2 heterocycles. The summed E-state index contributed by atoms with van der Waals surface area (Å²) in [5.41, 5.74) is 1.74. The third kappa shape index (κ3) is 2.71. The van der Waals surface area contributed by atoms with Gasteiger partial charge in [0.05, 0.1) is 17.6 Å². The first-order chi connectivity index (χ1) is 11.1. The van der Waals surface area contributed by atoms with E-state index in [0.29, 0.717) is 22.7 Å². The van der Waals surface area contributed by atoms with Crippen LogP contribution in [0.3, 0.4) is 0 Å². The number of fused-ring (bicyclic) bond motifs is 1. The van der Waals surface area contributed by atoms with Crippen LogP contribution >= 0.6 is 0 Å². The molecule has 0 saturated carbocycles. The number of rotatable bonds is 5. The van der Waals surface area contributed by atoms with Gasteiger partial charge in [-0.15, -0.1) is 0 Å². The van der Waals surface area contributed by atoms with E-state index in [1.807, 2.05) is 6.92 Å². The molecule has 118 valence electrons. The van der Waals surface area contributed by atoms with Crippen molar-refractivity contribution in [1.29, 1.82) is 0 Å². The van der Waals surface area contributed by atoms with Gasteiger partial charge in [-0.3, -0.25) is 4.57 Å². The van der Waals surface area contributed by atoms with Crippen LogP contribution in [0.1, 0.15) is 23.5 Å². The summed E-state index contributed by atoms with van der Waals surface area (Å²) in [5, 5.41) is 12.3. The van der Waals surface area contributed by atoms with Crippen LogP contribution in [0.25, 0.3) is 11.2 Å². The molecule has 0 saturated heterocycles. The van der Waals surface area contributed by atoms with Gasteiger partial charge in [0.15, 0.2) is 17.0 Å². The molecule has 0 aliphatic rings. The number of anilines is 2. The first kappa shape index (κ1) is 14.9. The number of methoxy groups -OCH3 is 1. The van der Waals surface area contributed by atoms with Gasteiger partial charge in [0.1, 0.15) is 12.6 Å². The number of hydrogen-bond donors (Lipinski definition) is 2. The Balaban J connectivity index is 2.05. The highest BCUT2D eigenvalue weighted by Gasteiger charge is 2.15. The molecular weight excluding hydrogens is 298 g/mol. The van der Waals surface area contributed by atoms with Crippen molar-refractivity contribution in [3.05, 3.63) is 42.5 Å². The van der Waals surface area contributed by atoms with Crippen LogP contribution in [-0.4, -0.2) is 37.7 Å². The Morgan fingerprint density at radius 1 is 1.30 bits per heavy atom. The minimum absolute atomic E-state index is 0.156. The summed E-state index contributed by atoms with van der Waals surface area (Å²) in [6.45, 7) is 1.87. The summed E-state index contributed by atoms with van der Waals surface area (Å²) in [7, 11) is 1.60. The molecule has 0 fully saturated rings. The van der Waals surface area contributed by atoms with Gasteiger partial charge in [-0.2, -0.15) is 0 Å². The fourth-order valence-electron chi connectivity index (χ4n) is 2.23. The van der Waals surface area contributed by atoms with Gasteiger partial charge in [0.25, 0.3) is 0 Å². The Morgan fingerprint density at radius 3 is 2.83 bits per heavy atom. The van der Waals surface area contributed by atoms with E-state index >= 15 is 0 Å². The Hall–Kier alpha value is -3.00. The molecule has 0 radical (unpaired) electrons. The molecule has 1 aromatic carbocycles. The van der Waals surface area contributed by atoms with Crippen molar-refractivity contribution < 1.29 is 14.6 Å². The zero-order valence-electron chi connectivity index (χ0n) is 12.6. The largest absolute Gasteiger partial charge is 0.478 e. The number of nitrogens with one attached hydrogen (secondary N) is 1. The second-order valence-corrected chi connectivity index (χ2v) is 4.86. The smallest absolute Gasteiger partial charge is 0.337 e. The summed E-state index contributed by atoms with van der Waals surface area (Å²) in [5.74, 6) is -0.581. The SMILES string of the molecule is COC(C)n1cnc2c(Nc3ccccc3C(=O)O)ncnc21. The van der Waals surface area contributed by atoms with Crippen molar-refractivity contribution in [2.75, 3.05) is 12.4 Å². The molecule has 8 nitrogen and oxygen atoms in total. The maximum atomic E-state index is 11.3. The van der Waals surface area contributed by atoms with E-state index in [1.165, 1.54) is 12.4 Å². The molecule has 23 heavy (non-hydrogen) atoms. The fraction of sp³-hybridized carbons (Fsp3) is 0.200. The third-order valence-corrected chi connectivity index (χ3v) is 3.50. The van der Waals surface area contributed by atoms with Crippen LogP contribution < -0.4 is 5.32 Å². The topological polar surface area (TPSA) is 102 Å². The van der Waals surface area contributed by atoms with Gasteiger partial charge in [0.2, 0.25) is 0 Å². The number of aromatic carboxylic acids is 1. The lowest BCUT2D eigenvalue weighted by Crippen LogP contribution is -2.07. The summed E-state index contributed by atoms with van der Waals surface area (Å²) in [6.07, 6.45) is 2.78. The Kier molecular flexibility index (Phi) is 3.90. The maximum Gasteiger partial charge on any atom is 0.337 e. The van der Waals surface area contributed by atoms with E-state index < -0.39 is 5.97 Å². The van der Waals surface area contributed by atoms with Crippen LogP contribution in [-0.2, 0) is 4.74 Å². The summed E-state index contributed by atoms with van der Waals surface area (Å²) in [4.78, 5) is 24.0. The lowest BCUT2D eigenvalue weighted by molar-refractivity contribution is 0.0633. The number of carboxylic acids is 1. The van der Waals surface area contributed by atoms with E-state index in [4.69, 9.17) is 4.74 Å². The Morgan fingerprint density at radius 2 is 2.09 bits per heavy atom. The van der Waals surface area contributed by atoms with E-state index in [2.05, 4.69) is 20.3 Å². The van der Waals surface area contributed by atoms with Gasteiger partial charge in [-0.25, -0.2) is 19.7 Å². The zero-order valence-corrected chi connectivity index (χ0v) is 12.6. The number of para-hydroxylation sites is 1. The minimum Gasteiger partial charge on any atom is -0.478 e. The number of aromatic nitrogens is 4. The summed E-state index contributed by atoms with van der Waals surface area (Å²) < 4.78 is 7.04. The minimum atomic E-state index is -1.02. The Labute approximate surface area is 131 Å². The fourth-order valence-corrected chi connectivity index (χ4v) is 2.23. The number of nitrogens with zero attached hydrogens (tertiary/aromatic N) is 4. The number of hydrogen-bond acceptors (Lipinski definition) is 6. The molecule has 2 N–H and O–H groups in total. The highest BCUT2D eigenvalue weighted by atomic mass is 16.5. The molecular formula is C15H15N5O3. The van der Waals surface area contributed by atoms with Crippen LogP contribution in [0, 0.1) is 0 Å². The number of ether oxygens (including phenoxy) is 1. The highest BCUT2D eigenvalue weighted by molar-refractivity contribution is 5.96. The zero-order chi connectivity index (χ0) is 16.4. The molecule has 1 atom stereocenters. The van der Waals surface area contributed by atoms with Gasteiger partial charge in [-0.1, -0.05) is 12.1 Å². The van der Waals surface area contributed by atoms with Crippen LogP contribution in [0.15, 0.2) is 36.9 Å². The standard InChI is InChI=1S/C15H15N5O3/c1-9(23-2)20-8-18-12-13(16-7-17-14(12)20)19-11-6-4-3-5-10(11)15(21)22/h3-9H,1-2H3,(H,21,22)(H,16,17,19). The molecule has 8 heteroatoms. The lowest BCUT2D eigenvalue weighted by atomic mass is 10.2. The number of imidazole rings is 1. The van der Waals surface area contributed by atoms with E-state index in [9.17, 15) is 9.90 Å². The van der Waals surface area contributed by atoms with Crippen molar-refractivity contribution in [3.63, 3.8) is 0 Å². The molecule has 3 rings (SSSR count). The van der Waals surface area contributed by atoms with Gasteiger partial charge in [-0.05, 0) is 19.1 Å². The molecule has 3 aromatic rings. The highest BCUT2D eigenvalue weighted by Crippen LogP contribution is 2.25. The number of carbonyl (C=O) groups is 1. The average Bonchev–Trinajstić information content (AvgIpc) is 2.99. The van der Waals surface area contributed by atoms with Gasteiger partial charge < -0.3 is 15.2 Å². The molecule has 0 spiro atoms. The summed E-state index contributed by atoms with van der Waals surface area (Å²) in [6, 6.07) is 6.61. The first-order valence-corrected chi connectivity index (χ1v) is 6.91. The average molecular weight is 313 g/mol. The quantitative estimate of drug-likeness (QED) is 0.745. The van der Waals surface area contributed by atoms with E-state index in [0.717, 1.165) is 0 Å². The second kappa shape index (κ2) is 6.01. The Bertz CT molecular complexity index is 861. The van der Waals surface area contributed by atoms with Crippen LogP contribution in [0.5, 0.6) is 0 Å². The molecule has 1 unspecified atom stereocenters. The maximum absolute atomic E-state index is 11.3. The van der Waals surface area contributed by atoms with Crippen molar-refractivity contribution >= 4 is 28.6 Å². The summed E-state index contributed by atoms with van der Waals surface area (Å²) >= 11 is 0. The molecule has 0 aliphatic heterocycles. The predicted molar refractivity (Wildman–Crippen MR) is 83.7 cm³/mol. The number of carboxylic acid groups (broad SMARTS) is 1. The van der Waals surface area contributed by atoms with Crippen molar-refractivity contribution in [2.24, 2.45) is 0 Å².